The van der Waals surface area contributed by atoms with Crippen LogP contribution in [0, 0.1) is 0 Å². The number of piperidine rings is 1. The molecule has 1 atom stereocenters. The standard InChI is InChI=1S/C15H27NO4/c1-15(2)11-12(5-10-20-15)16-7-3-13(4-8-16)19-9-6-14(17)18/h12-13H,3-11H2,1-2H3,(H,17,18). The summed E-state index contributed by atoms with van der Waals surface area (Å²) < 4.78 is 11.4. The second-order valence-electron chi connectivity index (χ2n) is 6.50. The van der Waals surface area contributed by atoms with Crippen LogP contribution < -0.4 is 0 Å². The summed E-state index contributed by atoms with van der Waals surface area (Å²) in [4.78, 5) is 13.0. The Bertz CT molecular complexity index is 324. The SMILES string of the molecule is CC1(C)CC(N2CCC(OCCC(=O)O)CC2)CCO1. The van der Waals surface area contributed by atoms with Crippen LogP contribution in [0.25, 0.3) is 0 Å². The van der Waals surface area contributed by atoms with Crippen molar-refractivity contribution in [1.82, 2.24) is 4.90 Å². The molecule has 0 radical (unpaired) electrons. The van der Waals surface area contributed by atoms with Gasteiger partial charge in [-0.1, -0.05) is 0 Å². The van der Waals surface area contributed by atoms with Gasteiger partial charge in [0.05, 0.1) is 24.7 Å². The molecule has 0 spiro atoms. The van der Waals surface area contributed by atoms with E-state index < -0.39 is 5.97 Å². The van der Waals surface area contributed by atoms with Gasteiger partial charge in [0, 0.05) is 25.7 Å². The van der Waals surface area contributed by atoms with Gasteiger partial charge in [-0.3, -0.25) is 9.69 Å². The molecule has 0 aliphatic carbocycles. The fraction of sp³-hybridized carbons (Fsp3) is 0.933. The first kappa shape index (κ1) is 15.7. The largest absolute Gasteiger partial charge is 0.481 e. The van der Waals surface area contributed by atoms with E-state index >= 15 is 0 Å². The zero-order valence-electron chi connectivity index (χ0n) is 12.6. The highest BCUT2D eigenvalue weighted by atomic mass is 16.5. The van der Waals surface area contributed by atoms with Gasteiger partial charge in [-0.05, 0) is 39.5 Å². The van der Waals surface area contributed by atoms with E-state index in [0.717, 1.165) is 45.4 Å². The molecular weight excluding hydrogens is 258 g/mol. The van der Waals surface area contributed by atoms with Crippen LogP contribution in [0.5, 0.6) is 0 Å². The number of likely N-dealkylation sites (tertiary alicyclic amines) is 1. The Labute approximate surface area is 121 Å². The van der Waals surface area contributed by atoms with Crippen LogP contribution >= 0.6 is 0 Å². The van der Waals surface area contributed by atoms with E-state index in [1.165, 1.54) is 0 Å². The van der Waals surface area contributed by atoms with Gasteiger partial charge in [-0.25, -0.2) is 0 Å². The van der Waals surface area contributed by atoms with Gasteiger partial charge in [-0.2, -0.15) is 0 Å². The Morgan fingerprint density at radius 3 is 2.65 bits per heavy atom. The third kappa shape index (κ3) is 4.72. The van der Waals surface area contributed by atoms with E-state index in [4.69, 9.17) is 14.6 Å². The minimum absolute atomic E-state index is 0.00223. The molecule has 0 aromatic carbocycles. The number of carboxylic acid groups (broad SMARTS) is 1. The van der Waals surface area contributed by atoms with Crippen molar-refractivity contribution in [1.29, 1.82) is 0 Å². The van der Waals surface area contributed by atoms with Crippen molar-refractivity contribution in [3.63, 3.8) is 0 Å². The third-order valence-electron chi connectivity index (χ3n) is 4.33. The maximum atomic E-state index is 10.5. The molecule has 2 aliphatic rings. The van der Waals surface area contributed by atoms with Crippen molar-refractivity contribution in [3.8, 4) is 0 Å². The summed E-state index contributed by atoms with van der Waals surface area (Å²) in [5, 5.41) is 8.60. The third-order valence-corrected chi connectivity index (χ3v) is 4.33. The number of nitrogens with zero attached hydrogens (tertiary/aromatic N) is 1. The Kier molecular flexibility index (Phi) is 5.41. The lowest BCUT2D eigenvalue weighted by Crippen LogP contribution is -2.49. The Morgan fingerprint density at radius 2 is 2.05 bits per heavy atom. The number of carbonyl (C=O) groups is 1. The van der Waals surface area contributed by atoms with E-state index in [9.17, 15) is 4.79 Å². The van der Waals surface area contributed by atoms with Crippen molar-refractivity contribution in [2.45, 2.75) is 63.7 Å². The van der Waals surface area contributed by atoms with Crippen molar-refractivity contribution in [2.75, 3.05) is 26.3 Å². The van der Waals surface area contributed by atoms with Crippen LogP contribution in [0.1, 0.15) is 46.0 Å². The molecule has 0 aromatic heterocycles. The molecule has 0 saturated carbocycles. The summed E-state index contributed by atoms with van der Waals surface area (Å²) in [5.41, 5.74) is -0.00223. The first-order valence-corrected chi connectivity index (χ1v) is 7.68. The molecule has 1 unspecified atom stereocenters. The van der Waals surface area contributed by atoms with E-state index in [-0.39, 0.29) is 18.1 Å². The highest BCUT2D eigenvalue weighted by molar-refractivity contribution is 5.66. The molecule has 0 bridgehead atoms. The summed E-state index contributed by atoms with van der Waals surface area (Å²) in [7, 11) is 0. The van der Waals surface area contributed by atoms with Crippen LogP contribution in [0.4, 0.5) is 0 Å². The maximum Gasteiger partial charge on any atom is 0.305 e. The quantitative estimate of drug-likeness (QED) is 0.836. The van der Waals surface area contributed by atoms with Crippen molar-refractivity contribution >= 4 is 5.97 Å². The average Bonchev–Trinajstić information content (AvgIpc) is 2.38. The number of rotatable bonds is 5. The summed E-state index contributed by atoms with van der Waals surface area (Å²) in [5.74, 6) is -0.785. The molecule has 2 fully saturated rings. The lowest BCUT2D eigenvalue weighted by atomic mass is 9.91. The summed E-state index contributed by atoms with van der Waals surface area (Å²) in [6, 6.07) is 0.624. The van der Waals surface area contributed by atoms with Crippen molar-refractivity contribution in [3.05, 3.63) is 0 Å². The Balaban J connectivity index is 1.70. The number of aliphatic carboxylic acids is 1. The smallest absolute Gasteiger partial charge is 0.305 e. The first-order valence-electron chi connectivity index (χ1n) is 7.68. The van der Waals surface area contributed by atoms with Crippen LogP contribution in [0.3, 0.4) is 0 Å². The number of hydrogen-bond donors (Lipinski definition) is 1. The minimum atomic E-state index is -0.785. The molecule has 116 valence electrons. The second kappa shape index (κ2) is 6.87. The average molecular weight is 285 g/mol. The van der Waals surface area contributed by atoms with Gasteiger partial charge in [0.2, 0.25) is 0 Å². The predicted octanol–water partition coefficient (Wildman–Crippen LogP) is 1.90. The molecule has 1 N–H and O–H groups in total. The van der Waals surface area contributed by atoms with E-state index in [1.54, 1.807) is 0 Å². The van der Waals surface area contributed by atoms with Gasteiger partial charge in [-0.15, -0.1) is 0 Å². The van der Waals surface area contributed by atoms with Gasteiger partial charge in [0.1, 0.15) is 0 Å². The summed E-state index contributed by atoms with van der Waals surface area (Å²) in [6.07, 6.45) is 4.58. The molecule has 20 heavy (non-hydrogen) atoms. The fourth-order valence-corrected chi connectivity index (χ4v) is 3.23. The topological polar surface area (TPSA) is 59.0 Å². The van der Waals surface area contributed by atoms with Gasteiger partial charge in [0.15, 0.2) is 0 Å². The molecule has 2 rings (SSSR count). The van der Waals surface area contributed by atoms with E-state index in [1.807, 2.05) is 0 Å². The summed E-state index contributed by atoms with van der Waals surface area (Å²) in [6.45, 7) is 7.63. The Hall–Kier alpha value is -0.650. The lowest BCUT2D eigenvalue weighted by Gasteiger charge is -2.43. The van der Waals surface area contributed by atoms with Crippen LogP contribution in [-0.4, -0.2) is 60.0 Å². The molecule has 2 aliphatic heterocycles. The number of hydrogen-bond acceptors (Lipinski definition) is 4. The first-order chi connectivity index (χ1) is 9.46. The minimum Gasteiger partial charge on any atom is -0.481 e. The highest BCUT2D eigenvalue weighted by Gasteiger charge is 2.33. The second-order valence-corrected chi connectivity index (χ2v) is 6.50. The van der Waals surface area contributed by atoms with E-state index in [0.29, 0.717) is 12.6 Å². The van der Waals surface area contributed by atoms with Crippen LogP contribution in [0.2, 0.25) is 0 Å². The van der Waals surface area contributed by atoms with Gasteiger partial charge >= 0.3 is 5.97 Å². The zero-order chi connectivity index (χ0) is 14.6. The predicted molar refractivity (Wildman–Crippen MR) is 75.9 cm³/mol. The maximum absolute atomic E-state index is 10.5. The van der Waals surface area contributed by atoms with Crippen LogP contribution in [-0.2, 0) is 14.3 Å². The van der Waals surface area contributed by atoms with Crippen molar-refractivity contribution < 1.29 is 19.4 Å². The van der Waals surface area contributed by atoms with Gasteiger partial charge < -0.3 is 14.6 Å². The highest BCUT2D eigenvalue weighted by Crippen LogP contribution is 2.29. The molecule has 2 saturated heterocycles. The molecule has 0 amide bonds. The summed E-state index contributed by atoms with van der Waals surface area (Å²) >= 11 is 0. The van der Waals surface area contributed by atoms with Crippen LogP contribution in [0.15, 0.2) is 0 Å². The monoisotopic (exact) mass is 285 g/mol. The molecule has 0 aromatic rings. The Morgan fingerprint density at radius 1 is 1.35 bits per heavy atom. The molecule has 5 heteroatoms. The van der Waals surface area contributed by atoms with Crippen molar-refractivity contribution in [2.24, 2.45) is 0 Å². The molecular formula is C15H27NO4. The molecule has 5 nitrogen and oxygen atoms in total. The lowest BCUT2D eigenvalue weighted by molar-refractivity contribution is -0.139. The zero-order valence-corrected chi connectivity index (χ0v) is 12.6. The number of carboxylic acids is 1. The number of ether oxygens (including phenoxy) is 2. The van der Waals surface area contributed by atoms with E-state index in [2.05, 4.69) is 18.7 Å². The van der Waals surface area contributed by atoms with Gasteiger partial charge in [0.25, 0.3) is 0 Å². The molecule has 2 heterocycles. The fourth-order valence-electron chi connectivity index (χ4n) is 3.23. The normalized spacial score (nSPS) is 28.4.